The van der Waals surface area contributed by atoms with Gasteiger partial charge in [-0.15, -0.1) is 0 Å². The Hall–Kier alpha value is -3.29. The van der Waals surface area contributed by atoms with Crippen LogP contribution in [0.15, 0.2) is 48.7 Å². The normalized spacial score (nSPS) is 18.3. The molecular formula is C23H23F3N4O. The molecule has 2 heterocycles. The Labute approximate surface area is 178 Å². The molecule has 0 spiro atoms. The van der Waals surface area contributed by atoms with Gasteiger partial charge in [0.1, 0.15) is 11.4 Å². The van der Waals surface area contributed by atoms with E-state index < -0.39 is 24.2 Å². The maximum absolute atomic E-state index is 13.8. The zero-order valence-corrected chi connectivity index (χ0v) is 17.4. The summed E-state index contributed by atoms with van der Waals surface area (Å²) < 4.78 is 42.4. The summed E-state index contributed by atoms with van der Waals surface area (Å²) >= 11 is 0. The van der Waals surface area contributed by atoms with Crippen LogP contribution in [0, 0.1) is 20.8 Å². The molecule has 0 saturated heterocycles. The van der Waals surface area contributed by atoms with Crippen molar-refractivity contribution < 1.29 is 18.0 Å². The summed E-state index contributed by atoms with van der Waals surface area (Å²) in [4.78, 5) is 13.0. The highest BCUT2D eigenvalue weighted by Gasteiger charge is 2.47. The molecule has 1 aromatic heterocycles. The Morgan fingerprint density at radius 1 is 1.10 bits per heavy atom. The molecule has 0 aliphatic carbocycles. The standard InChI is InChI=1S/C23H23F3N4O/c1-13-5-8-16(9-6-13)19-11-20(23(24,25)26)30-21(28-19)17(12-27-30)22(31)29-18-10-14(2)4-7-15(18)3/h4-10,12,19-20,28H,11H2,1-3H3,(H,29,31)/t19-,20-/m1/s1. The Balaban J connectivity index is 1.70. The third-order valence-corrected chi connectivity index (χ3v) is 5.60. The monoisotopic (exact) mass is 428 g/mol. The largest absolute Gasteiger partial charge is 0.410 e. The Bertz CT molecular complexity index is 1120. The number of hydrogen-bond donors (Lipinski definition) is 2. The highest BCUT2D eigenvalue weighted by Crippen LogP contribution is 2.44. The van der Waals surface area contributed by atoms with Crippen molar-refractivity contribution in [3.05, 3.63) is 76.5 Å². The van der Waals surface area contributed by atoms with Gasteiger partial charge in [-0.25, -0.2) is 4.68 Å². The second kappa shape index (κ2) is 7.76. The lowest BCUT2D eigenvalue weighted by molar-refractivity contribution is -0.173. The van der Waals surface area contributed by atoms with E-state index in [-0.39, 0.29) is 17.8 Å². The van der Waals surface area contributed by atoms with Crippen molar-refractivity contribution in [1.29, 1.82) is 0 Å². The highest BCUT2D eigenvalue weighted by molar-refractivity contribution is 6.07. The molecular weight excluding hydrogens is 405 g/mol. The molecule has 0 saturated carbocycles. The van der Waals surface area contributed by atoms with Gasteiger partial charge in [0.2, 0.25) is 0 Å². The topological polar surface area (TPSA) is 59.0 Å². The zero-order chi connectivity index (χ0) is 22.3. The van der Waals surface area contributed by atoms with E-state index in [4.69, 9.17) is 0 Å². The third kappa shape index (κ3) is 4.15. The molecule has 0 unspecified atom stereocenters. The van der Waals surface area contributed by atoms with Crippen molar-refractivity contribution in [1.82, 2.24) is 9.78 Å². The van der Waals surface area contributed by atoms with Gasteiger partial charge in [-0.1, -0.05) is 42.0 Å². The van der Waals surface area contributed by atoms with Crippen molar-refractivity contribution in [2.45, 2.75) is 45.5 Å². The van der Waals surface area contributed by atoms with Crippen molar-refractivity contribution in [2.75, 3.05) is 10.6 Å². The average molecular weight is 428 g/mol. The summed E-state index contributed by atoms with van der Waals surface area (Å²) in [6.07, 6.45) is -3.51. The number of aromatic nitrogens is 2. The Morgan fingerprint density at radius 3 is 2.45 bits per heavy atom. The predicted molar refractivity (Wildman–Crippen MR) is 113 cm³/mol. The molecule has 162 valence electrons. The number of carbonyl (C=O) groups is 1. The van der Waals surface area contributed by atoms with Crippen LogP contribution in [0.1, 0.15) is 51.1 Å². The van der Waals surface area contributed by atoms with Crippen molar-refractivity contribution in [3.63, 3.8) is 0 Å². The summed E-state index contributed by atoms with van der Waals surface area (Å²) in [5.74, 6) is -0.435. The van der Waals surface area contributed by atoms with Crippen LogP contribution in [0.4, 0.5) is 24.7 Å². The minimum Gasteiger partial charge on any atom is -0.363 e. The van der Waals surface area contributed by atoms with E-state index in [2.05, 4.69) is 15.7 Å². The van der Waals surface area contributed by atoms with Crippen LogP contribution in [0.3, 0.4) is 0 Å². The predicted octanol–water partition coefficient (Wildman–Crippen LogP) is 5.72. The molecule has 2 atom stereocenters. The number of alkyl halides is 3. The number of carbonyl (C=O) groups excluding carboxylic acids is 1. The third-order valence-electron chi connectivity index (χ3n) is 5.60. The van der Waals surface area contributed by atoms with E-state index in [0.717, 1.165) is 26.9 Å². The second-order valence-corrected chi connectivity index (χ2v) is 8.02. The van der Waals surface area contributed by atoms with Crippen LogP contribution in [0.25, 0.3) is 0 Å². The molecule has 5 nitrogen and oxygen atoms in total. The van der Waals surface area contributed by atoms with E-state index in [9.17, 15) is 18.0 Å². The number of nitrogens with zero attached hydrogens (tertiary/aromatic N) is 2. The molecule has 1 aliphatic rings. The molecule has 4 rings (SSSR count). The molecule has 1 amide bonds. The van der Waals surface area contributed by atoms with Gasteiger partial charge in [0.15, 0.2) is 6.04 Å². The number of aryl methyl sites for hydroxylation is 3. The number of amides is 1. The summed E-state index contributed by atoms with van der Waals surface area (Å²) in [6.45, 7) is 5.67. The number of anilines is 2. The first-order chi connectivity index (χ1) is 14.6. The lowest BCUT2D eigenvalue weighted by atomic mass is 9.96. The molecule has 2 aromatic carbocycles. The van der Waals surface area contributed by atoms with E-state index in [0.29, 0.717) is 5.69 Å². The molecule has 0 radical (unpaired) electrons. The molecule has 0 bridgehead atoms. The van der Waals surface area contributed by atoms with E-state index >= 15 is 0 Å². The first-order valence-corrected chi connectivity index (χ1v) is 9.99. The van der Waals surface area contributed by atoms with Gasteiger partial charge in [-0.05, 0) is 43.5 Å². The lowest BCUT2D eigenvalue weighted by Gasteiger charge is -2.34. The van der Waals surface area contributed by atoms with E-state index in [1.54, 1.807) is 0 Å². The molecule has 8 heteroatoms. The van der Waals surface area contributed by atoms with Crippen molar-refractivity contribution in [3.8, 4) is 0 Å². The SMILES string of the molecule is Cc1ccc([C@H]2C[C@H](C(F)(F)F)n3ncc(C(=O)Nc4cc(C)ccc4C)c3N2)cc1. The number of fused-ring (bicyclic) bond motifs is 1. The average Bonchev–Trinajstić information content (AvgIpc) is 3.14. The second-order valence-electron chi connectivity index (χ2n) is 8.02. The zero-order valence-electron chi connectivity index (χ0n) is 17.4. The smallest absolute Gasteiger partial charge is 0.363 e. The molecule has 3 aromatic rings. The fourth-order valence-corrected chi connectivity index (χ4v) is 3.81. The molecule has 31 heavy (non-hydrogen) atoms. The van der Waals surface area contributed by atoms with E-state index in [1.807, 2.05) is 63.2 Å². The van der Waals surface area contributed by atoms with Crippen LogP contribution in [-0.2, 0) is 0 Å². The number of benzene rings is 2. The number of halogens is 3. The summed E-state index contributed by atoms with van der Waals surface area (Å²) in [5, 5.41) is 9.84. The Morgan fingerprint density at radius 2 is 1.77 bits per heavy atom. The van der Waals surface area contributed by atoms with Gasteiger partial charge in [0.05, 0.1) is 12.2 Å². The summed E-state index contributed by atoms with van der Waals surface area (Å²) in [5.41, 5.74) is 4.26. The minimum atomic E-state index is -4.49. The lowest BCUT2D eigenvalue weighted by Crippen LogP contribution is -2.36. The Kier molecular flexibility index (Phi) is 5.24. The summed E-state index contributed by atoms with van der Waals surface area (Å²) in [6, 6.07) is 10.5. The van der Waals surface area contributed by atoms with Gasteiger partial charge in [0.25, 0.3) is 5.91 Å². The van der Waals surface area contributed by atoms with Crippen LogP contribution in [0.5, 0.6) is 0 Å². The van der Waals surface area contributed by atoms with Crippen LogP contribution < -0.4 is 10.6 Å². The number of nitrogens with one attached hydrogen (secondary N) is 2. The first kappa shape index (κ1) is 21.0. The fourth-order valence-electron chi connectivity index (χ4n) is 3.81. The molecule has 2 N–H and O–H groups in total. The molecule has 1 aliphatic heterocycles. The number of rotatable bonds is 3. The quantitative estimate of drug-likeness (QED) is 0.561. The summed E-state index contributed by atoms with van der Waals surface area (Å²) in [7, 11) is 0. The van der Waals surface area contributed by atoms with E-state index in [1.165, 1.54) is 6.20 Å². The minimum absolute atomic E-state index is 0.0713. The van der Waals surface area contributed by atoms with Gasteiger partial charge in [0, 0.05) is 12.1 Å². The van der Waals surface area contributed by atoms with Crippen LogP contribution in [0.2, 0.25) is 0 Å². The van der Waals surface area contributed by atoms with Crippen molar-refractivity contribution in [2.24, 2.45) is 0 Å². The first-order valence-electron chi connectivity index (χ1n) is 9.99. The fraction of sp³-hybridized carbons (Fsp3) is 0.304. The van der Waals surface area contributed by atoms with Crippen LogP contribution in [-0.4, -0.2) is 21.9 Å². The van der Waals surface area contributed by atoms with Gasteiger partial charge < -0.3 is 10.6 Å². The molecule has 0 fully saturated rings. The van der Waals surface area contributed by atoms with Gasteiger partial charge >= 0.3 is 6.18 Å². The van der Waals surface area contributed by atoms with Gasteiger partial charge in [-0.2, -0.15) is 18.3 Å². The maximum Gasteiger partial charge on any atom is 0.410 e. The number of hydrogen-bond acceptors (Lipinski definition) is 3. The van der Waals surface area contributed by atoms with Gasteiger partial charge in [-0.3, -0.25) is 4.79 Å². The van der Waals surface area contributed by atoms with Crippen LogP contribution >= 0.6 is 0 Å². The highest BCUT2D eigenvalue weighted by atomic mass is 19.4. The maximum atomic E-state index is 13.8. The van der Waals surface area contributed by atoms with Crippen molar-refractivity contribution >= 4 is 17.4 Å².